The summed E-state index contributed by atoms with van der Waals surface area (Å²) in [6, 6.07) is 3.87. The van der Waals surface area contributed by atoms with Crippen molar-refractivity contribution in [2.24, 2.45) is 4.99 Å². The SMILES string of the molecule is C=CCN=C(NCC)NC1CCN(c2ccc(F)cc2F)C1. The van der Waals surface area contributed by atoms with Gasteiger partial charge in [0.25, 0.3) is 0 Å². The first-order chi connectivity index (χ1) is 10.6. The van der Waals surface area contributed by atoms with Gasteiger partial charge in [-0.15, -0.1) is 6.58 Å². The second-order valence-electron chi connectivity index (χ2n) is 5.18. The van der Waals surface area contributed by atoms with Gasteiger partial charge in [0, 0.05) is 31.7 Å². The molecule has 120 valence electrons. The van der Waals surface area contributed by atoms with E-state index in [0.717, 1.165) is 31.5 Å². The zero-order valence-electron chi connectivity index (χ0n) is 12.8. The number of aliphatic imine (C=N–C) groups is 1. The number of hydrogen-bond acceptors (Lipinski definition) is 2. The Labute approximate surface area is 129 Å². The highest BCUT2D eigenvalue weighted by molar-refractivity contribution is 5.80. The summed E-state index contributed by atoms with van der Waals surface area (Å²) in [6.45, 7) is 8.34. The van der Waals surface area contributed by atoms with Crippen molar-refractivity contribution in [1.29, 1.82) is 0 Å². The summed E-state index contributed by atoms with van der Waals surface area (Å²) in [5.41, 5.74) is 0.443. The average Bonchev–Trinajstić information content (AvgIpc) is 2.93. The van der Waals surface area contributed by atoms with Crippen LogP contribution in [0.2, 0.25) is 0 Å². The summed E-state index contributed by atoms with van der Waals surface area (Å²) < 4.78 is 26.8. The van der Waals surface area contributed by atoms with Gasteiger partial charge < -0.3 is 15.5 Å². The monoisotopic (exact) mass is 308 g/mol. The molecule has 1 aromatic carbocycles. The van der Waals surface area contributed by atoms with Crippen molar-refractivity contribution in [2.75, 3.05) is 31.1 Å². The van der Waals surface area contributed by atoms with Crippen LogP contribution >= 0.6 is 0 Å². The second-order valence-corrected chi connectivity index (χ2v) is 5.18. The summed E-state index contributed by atoms with van der Waals surface area (Å²) in [5.74, 6) is -0.345. The molecule has 4 nitrogen and oxygen atoms in total. The predicted molar refractivity (Wildman–Crippen MR) is 86.3 cm³/mol. The maximum absolute atomic E-state index is 13.8. The maximum Gasteiger partial charge on any atom is 0.191 e. The van der Waals surface area contributed by atoms with E-state index in [0.29, 0.717) is 18.8 Å². The fourth-order valence-electron chi connectivity index (χ4n) is 2.50. The van der Waals surface area contributed by atoms with Gasteiger partial charge in [-0.3, -0.25) is 0 Å². The summed E-state index contributed by atoms with van der Waals surface area (Å²) in [7, 11) is 0. The molecule has 1 aromatic rings. The Morgan fingerprint density at radius 2 is 2.32 bits per heavy atom. The largest absolute Gasteiger partial charge is 0.367 e. The third-order valence-electron chi connectivity index (χ3n) is 3.50. The van der Waals surface area contributed by atoms with Gasteiger partial charge in [-0.25, -0.2) is 13.8 Å². The molecule has 0 spiro atoms. The normalized spacial score (nSPS) is 18.4. The number of nitrogens with zero attached hydrogens (tertiary/aromatic N) is 2. The summed E-state index contributed by atoms with van der Waals surface area (Å²) >= 11 is 0. The molecule has 1 saturated heterocycles. The number of rotatable bonds is 5. The minimum absolute atomic E-state index is 0.173. The fraction of sp³-hybridized carbons (Fsp3) is 0.438. The predicted octanol–water partition coefficient (Wildman–Crippen LogP) is 2.28. The van der Waals surface area contributed by atoms with Crippen LogP contribution < -0.4 is 15.5 Å². The molecule has 1 atom stereocenters. The number of nitrogens with one attached hydrogen (secondary N) is 2. The highest BCUT2D eigenvalue weighted by Gasteiger charge is 2.25. The molecule has 1 aliphatic heterocycles. The lowest BCUT2D eigenvalue weighted by molar-refractivity contribution is 0.580. The topological polar surface area (TPSA) is 39.7 Å². The molecule has 1 unspecified atom stereocenters. The molecule has 1 aliphatic rings. The van der Waals surface area contributed by atoms with Crippen LogP contribution in [0.25, 0.3) is 0 Å². The Morgan fingerprint density at radius 1 is 1.50 bits per heavy atom. The van der Waals surface area contributed by atoms with E-state index in [-0.39, 0.29) is 6.04 Å². The van der Waals surface area contributed by atoms with Crippen molar-refractivity contribution in [3.05, 3.63) is 42.5 Å². The van der Waals surface area contributed by atoms with E-state index in [1.165, 1.54) is 12.1 Å². The third-order valence-corrected chi connectivity index (χ3v) is 3.50. The maximum atomic E-state index is 13.8. The van der Waals surface area contributed by atoms with Crippen molar-refractivity contribution in [3.8, 4) is 0 Å². The number of benzene rings is 1. The zero-order chi connectivity index (χ0) is 15.9. The third kappa shape index (κ3) is 4.19. The smallest absolute Gasteiger partial charge is 0.191 e. The molecular formula is C16H22F2N4. The van der Waals surface area contributed by atoms with Crippen LogP contribution in [0.4, 0.5) is 14.5 Å². The molecule has 0 aromatic heterocycles. The van der Waals surface area contributed by atoms with Crippen molar-refractivity contribution in [2.45, 2.75) is 19.4 Å². The van der Waals surface area contributed by atoms with Crippen molar-refractivity contribution < 1.29 is 8.78 Å². The fourth-order valence-corrected chi connectivity index (χ4v) is 2.50. The molecule has 0 saturated carbocycles. The molecule has 22 heavy (non-hydrogen) atoms. The van der Waals surface area contributed by atoms with Crippen LogP contribution in [0.15, 0.2) is 35.8 Å². The molecule has 6 heteroatoms. The number of hydrogen-bond donors (Lipinski definition) is 2. The summed E-state index contributed by atoms with van der Waals surface area (Å²) in [4.78, 5) is 6.28. The van der Waals surface area contributed by atoms with Crippen LogP contribution in [-0.4, -0.2) is 38.2 Å². The van der Waals surface area contributed by atoms with Crippen molar-refractivity contribution in [3.63, 3.8) is 0 Å². The van der Waals surface area contributed by atoms with Gasteiger partial charge in [0.05, 0.1) is 12.2 Å². The molecule has 0 amide bonds. The van der Waals surface area contributed by atoms with Gasteiger partial charge >= 0.3 is 0 Å². The first kappa shape index (κ1) is 16.3. The quantitative estimate of drug-likeness (QED) is 0.498. The van der Waals surface area contributed by atoms with E-state index in [2.05, 4.69) is 22.2 Å². The van der Waals surface area contributed by atoms with Gasteiger partial charge in [0.2, 0.25) is 0 Å². The highest BCUT2D eigenvalue weighted by Crippen LogP contribution is 2.24. The Balaban J connectivity index is 1.98. The molecule has 0 bridgehead atoms. The zero-order valence-corrected chi connectivity index (χ0v) is 12.8. The van der Waals surface area contributed by atoms with E-state index in [9.17, 15) is 8.78 Å². The Kier molecular flexibility index (Phi) is 5.75. The second kappa shape index (κ2) is 7.77. The minimum atomic E-state index is -0.555. The van der Waals surface area contributed by atoms with Crippen LogP contribution in [0.1, 0.15) is 13.3 Å². The van der Waals surface area contributed by atoms with E-state index >= 15 is 0 Å². The molecule has 2 rings (SSSR count). The lowest BCUT2D eigenvalue weighted by Crippen LogP contribution is -2.44. The summed E-state index contributed by atoms with van der Waals surface area (Å²) in [6.07, 6.45) is 2.60. The standard InChI is InChI=1S/C16H22F2N4/c1-3-8-20-16(19-4-2)21-13-7-9-22(11-13)15-6-5-12(17)10-14(15)18/h3,5-6,10,13H,1,4,7-9,11H2,2H3,(H2,19,20,21). The molecule has 1 fully saturated rings. The van der Waals surface area contributed by atoms with Crippen LogP contribution in [-0.2, 0) is 0 Å². The van der Waals surface area contributed by atoms with E-state index in [1.807, 2.05) is 11.8 Å². The van der Waals surface area contributed by atoms with E-state index in [4.69, 9.17) is 0 Å². The molecule has 0 aliphatic carbocycles. The van der Waals surface area contributed by atoms with E-state index < -0.39 is 11.6 Å². The van der Waals surface area contributed by atoms with Crippen molar-refractivity contribution >= 4 is 11.6 Å². The Hall–Kier alpha value is -2.11. The number of guanidine groups is 1. The van der Waals surface area contributed by atoms with Gasteiger partial charge in [-0.05, 0) is 25.5 Å². The lowest BCUT2D eigenvalue weighted by atomic mass is 10.2. The van der Waals surface area contributed by atoms with Crippen LogP contribution in [0.5, 0.6) is 0 Å². The average molecular weight is 308 g/mol. The van der Waals surface area contributed by atoms with Gasteiger partial charge in [-0.2, -0.15) is 0 Å². The van der Waals surface area contributed by atoms with Gasteiger partial charge in [-0.1, -0.05) is 6.08 Å². The molecule has 2 N–H and O–H groups in total. The number of anilines is 1. The molecular weight excluding hydrogens is 286 g/mol. The van der Waals surface area contributed by atoms with Crippen LogP contribution in [0.3, 0.4) is 0 Å². The first-order valence-electron chi connectivity index (χ1n) is 7.49. The lowest BCUT2D eigenvalue weighted by Gasteiger charge is -2.20. The van der Waals surface area contributed by atoms with Crippen LogP contribution in [0, 0.1) is 11.6 Å². The van der Waals surface area contributed by atoms with Crippen molar-refractivity contribution in [1.82, 2.24) is 10.6 Å². The molecule has 1 heterocycles. The summed E-state index contributed by atoms with van der Waals surface area (Å²) in [5, 5.41) is 6.50. The van der Waals surface area contributed by atoms with Gasteiger partial charge in [0.15, 0.2) is 5.96 Å². The van der Waals surface area contributed by atoms with Gasteiger partial charge in [0.1, 0.15) is 11.6 Å². The highest BCUT2D eigenvalue weighted by atomic mass is 19.1. The Bertz CT molecular complexity index is 545. The number of halogens is 2. The molecule has 0 radical (unpaired) electrons. The van der Waals surface area contributed by atoms with E-state index in [1.54, 1.807) is 6.08 Å². The Morgan fingerprint density at radius 3 is 3.00 bits per heavy atom. The first-order valence-corrected chi connectivity index (χ1v) is 7.49. The minimum Gasteiger partial charge on any atom is -0.367 e.